The van der Waals surface area contributed by atoms with Crippen LogP contribution in [0.4, 0.5) is 8.78 Å². The lowest BCUT2D eigenvalue weighted by molar-refractivity contribution is 0.418. The summed E-state index contributed by atoms with van der Waals surface area (Å²) in [7, 11) is 0. The van der Waals surface area contributed by atoms with Crippen LogP contribution in [-0.2, 0) is 11.2 Å². The largest absolute Gasteiger partial charge is 0.609 e. The predicted molar refractivity (Wildman–Crippen MR) is 70.2 cm³/mol. The van der Waals surface area contributed by atoms with Gasteiger partial charge in [0.15, 0.2) is 0 Å². The number of nitrogens with one attached hydrogen (secondary N) is 1. The van der Waals surface area contributed by atoms with Gasteiger partial charge in [0.25, 0.3) is 6.08 Å². The summed E-state index contributed by atoms with van der Waals surface area (Å²) in [5.41, 5.74) is 1.60. The number of imidazole rings is 1. The third kappa shape index (κ3) is 3.90. The van der Waals surface area contributed by atoms with Crippen molar-refractivity contribution >= 4 is 11.2 Å². The van der Waals surface area contributed by atoms with Crippen molar-refractivity contribution in [3.05, 3.63) is 48.7 Å². The van der Waals surface area contributed by atoms with Crippen molar-refractivity contribution in [2.24, 2.45) is 0 Å². The molecule has 1 unspecified atom stereocenters. The smallest absolute Gasteiger partial charge is 0.321 e. The number of nitrogens with zero attached hydrogens (tertiary/aromatic N) is 1. The molecule has 100 valence electrons. The minimum Gasteiger partial charge on any atom is -0.609 e. The number of aromatic amines is 1. The van der Waals surface area contributed by atoms with Crippen LogP contribution in [0.25, 0.3) is 11.3 Å². The number of halogens is 2. The maximum atomic E-state index is 11.9. The molecule has 3 nitrogen and oxygen atoms in total. The van der Waals surface area contributed by atoms with Crippen LogP contribution in [-0.4, -0.2) is 20.3 Å². The summed E-state index contributed by atoms with van der Waals surface area (Å²) in [4.78, 5) is 7.04. The van der Waals surface area contributed by atoms with Gasteiger partial charge in [-0.2, -0.15) is 13.8 Å². The fourth-order valence-corrected chi connectivity index (χ4v) is 2.47. The summed E-state index contributed by atoms with van der Waals surface area (Å²) in [6, 6.07) is 9.45. The van der Waals surface area contributed by atoms with Gasteiger partial charge in [0, 0.05) is 29.4 Å². The zero-order valence-corrected chi connectivity index (χ0v) is 10.8. The third-order valence-corrected chi connectivity index (χ3v) is 3.69. The molecule has 1 aromatic heterocycles. The molecule has 0 radical (unpaired) electrons. The molecule has 1 heterocycles. The summed E-state index contributed by atoms with van der Waals surface area (Å²) in [6.45, 7) is 0. The third-order valence-electron chi connectivity index (χ3n) is 2.44. The van der Waals surface area contributed by atoms with Crippen molar-refractivity contribution in [3.63, 3.8) is 0 Å². The Balaban J connectivity index is 2.03. The van der Waals surface area contributed by atoms with E-state index in [2.05, 4.69) is 9.97 Å². The second kappa shape index (κ2) is 6.49. The summed E-state index contributed by atoms with van der Waals surface area (Å²) in [5.74, 6) is 0.124. The maximum Gasteiger partial charge on any atom is 0.321 e. The molecule has 0 aliphatic carbocycles. The average molecular weight is 282 g/mol. The molecular weight excluding hydrogens is 270 g/mol. The molecule has 6 heteroatoms. The molecule has 2 aromatic rings. The normalized spacial score (nSPS) is 12.2. The first-order chi connectivity index (χ1) is 9.16. The molecule has 0 aliphatic rings. The second-order valence-corrected chi connectivity index (χ2v) is 5.27. The number of benzene rings is 1. The van der Waals surface area contributed by atoms with E-state index in [9.17, 15) is 13.3 Å². The Morgan fingerprint density at radius 3 is 2.74 bits per heavy atom. The molecule has 2 rings (SSSR count). The highest BCUT2D eigenvalue weighted by molar-refractivity contribution is 7.91. The van der Waals surface area contributed by atoms with Crippen molar-refractivity contribution in [2.45, 2.75) is 11.6 Å². The summed E-state index contributed by atoms with van der Waals surface area (Å²) in [6.07, 6.45) is 0.741. The van der Waals surface area contributed by atoms with Crippen molar-refractivity contribution < 1.29 is 13.3 Å². The molecular formula is C13H12F2N2OS. The Kier molecular flexibility index (Phi) is 4.70. The van der Waals surface area contributed by atoms with E-state index in [0.29, 0.717) is 10.9 Å². The molecule has 0 spiro atoms. The molecule has 0 bridgehead atoms. The first kappa shape index (κ1) is 13.8. The van der Waals surface area contributed by atoms with Crippen LogP contribution in [0.3, 0.4) is 0 Å². The topological polar surface area (TPSA) is 51.7 Å². The SMILES string of the molecule is [O-][S+](CCC=C(F)F)c1nc(-c2ccccc2)c[nH]1. The van der Waals surface area contributed by atoms with Crippen LogP contribution in [0.5, 0.6) is 0 Å². The van der Waals surface area contributed by atoms with Crippen molar-refractivity contribution in [1.29, 1.82) is 0 Å². The van der Waals surface area contributed by atoms with Crippen LogP contribution >= 0.6 is 0 Å². The molecule has 0 aliphatic heterocycles. The second-order valence-electron chi connectivity index (χ2n) is 3.79. The maximum absolute atomic E-state index is 11.9. The van der Waals surface area contributed by atoms with Gasteiger partial charge in [0.1, 0.15) is 5.75 Å². The van der Waals surface area contributed by atoms with E-state index >= 15 is 0 Å². The van der Waals surface area contributed by atoms with E-state index in [1.807, 2.05) is 30.3 Å². The lowest BCUT2D eigenvalue weighted by atomic mass is 10.2. The molecule has 0 fully saturated rings. The van der Waals surface area contributed by atoms with Gasteiger partial charge in [-0.15, -0.1) is 0 Å². The Morgan fingerprint density at radius 2 is 2.05 bits per heavy atom. The fraction of sp³-hybridized carbons (Fsp3) is 0.154. The van der Waals surface area contributed by atoms with Gasteiger partial charge in [-0.3, -0.25) is 0 Å². The lowest BCUT2D eigenvalue weighted by Crippen LogP contribution is -2.08. The number of hydrogen-bond acceptors (Lipinski definition) is 2. The molecule has 1 aromatic carbocycles. The molecule has 1 N–H and O–H groups in total. The first-order valence-electron chi connectivity index (χ1n) is 5.67. The first-order valence-corrected chi connectivity index (χ1v) is 6.99. The number of aromatic nitrogens is 2. The number of rotatable bonds is 5. The van der Waals surface area contributed by atoms with Crippen LogP contribution in [0.2, 0.25) is 0 Å². The van der Waals surface area contributed by atoms with Crippen LogP contribution in [0, 0.1) is 0 Å². The van der Waals surface area contributed by atoms with E-state index in [1.165, 1.54) is 0 Å². The van der Waals surface area contributed by atoms with Crippen LogP contribution < -0.4 is 0 Å². The molecule has 1 atom stereocenters. The van der Waals surface area contributed by atoms with Crippen molar-refractivity contribution in [3.8, 4) is 11.3 Å². The van der Waals surface area contributed by atoms with Gasteiger partial charge in [-0.25, -0.2) is 0 Å². The number of allylic oxidation sites excluding steroid dienone is 1. The summed E-state index contributed by atoms with van der Waals surface area (Å²) >= 11 is -1.40. The van der Waals surface area contributed by atoms with Gasteiger partial charge in [-0.05, 0) is 6.08 Å². The van der Waals surface area contributed by atoms with Gasteiger partial charge in [-0.1, -0.05) is 30.3 Å². The van der Waals surface area contributed by atoms with Crippen molar-refractivity contribution in [2.75, 3.05) is 5.75 Å². The minimum atomic E-state index is -1.75. The lowest BCUT2D eigenvalue weighted by Gasteiger charge is -2.04. The molecule has 19 heavy (non-hydrogen) atoms. The summed E-state index contributed by atoms with van der Waals surface area (Å²) in [5, 5.41) is 0.312. The quantitative estimate of drug-likeness (QED) is 0.855. The highest BCUT2D eigenvalue weighted by atomic mass is 32.2. The fourth-order valence-electron chi connectivity index (χ4n) is 1.55. The van der Waals surface area contributed by atoms with E-state index in [-0.39, 0.29) is 12.2 Å². The summed E-state index contributed by atoms with van der Waals surface area (Å²) < 4.78 is 35.5. The zero-order valence-electron chi connectivity index (χ0n) is 9.98. The van der Waals surface area contributed by atoms with E-state index in [4.69, 9.17) is 0 Å². The van der Waals surface area contributed by atoms with Crippen LogP contribution in [0.1, 0.15) is 6.42 Å². The van der Waals surface area contributed by atoms with E-state index in [0.717, 1.165) is 11.6 Å². The predicted octanol–water partition coefficient (Wildman–Crippen LogP) is 3.35. The zero-order chi connectivity index (χ0) is 13.7. The van der Waals surface area contributed by atoms with Crippen molar-refractivity contribution in [1.82, 2.24) is 9.97 Å². The highest BCUT2D eigenvalue weighted by Gasteiger charge is 2.15. The van der Waals surface area contributed by atoms with Gasteiger partial charge in [0.2, 0.25) is 0 Å². The number of hydrogen-bond donors (Lipinski definition) is 1. The number of H-pyrrole nitrogens is 1. The minimum absolute atomic E-state index is 0.0658. The monoisotopic (exact) mass is 282 g/mol. The van der Waals surface area contributed by atoms with Gasteiger partial charge >= 0.3 is 5.16 Å². The highest BCUT2D eigenvalue weighted by Crippen LogP contribution is 2.18. The van der Waals surface area contributed by atoms with Gasteiger partial charge in [0.05, 0.1) is 5.69 Å². The molecule has 0 saturated heterocycles. The molecule has 0 amide bonds. The van der Waals surface area contributed by atoms with Gasteiger partial charge < -0.3 is 9.54 Å². The van der Waals surface area contributed by atoms with E-state index < -0.39 is 17.3 Å². The Bertz CT molecular complexity index is 553. The Hall–Kier alpha value is -1.66. The average Bonchev–Trinajstić information content (AvgIpc) is 2.89. The Labute approximate surface area is 112 Å². The Morgan fingerprint density at radius 1 is 1.32 bits per heavy atom. The molecule has 0 saturated carbocycles. The van der Waals surface area contributed by atoms with Crippen LogP contribution in [0.15, 0.2) is 53.8 Å². The van der Waals surface area contributed by atoms with E-state index in [1.54, 1.807) is 6.20 Å². The standard InChI is InChI=1S/C13H12F2N2OS/c14-12(15)7-4-8-19(18)13-16-9-11(17-13)10-5-2-1-3-6-10/h1-3,5-7,9H,4,8H2,(H,16,17).